The molecular weight excluding hydrogens is 236 g/mol. The summed E-state index contributed by atoms with van der Waals surface area (Å²) in [4.78, 5) is 25.2. The third kappa shape index (κ3) is 3.96. The molecule has 104 valence electrons. The molecule has 1 fully saturated rings. The molecule has 6 heteroatoms. The third-order valence-electron chi connectivity index (χ3n) is 2.96. The maximum atomic E-state index is 11.8. The van der Waals surface area contributed by atoms with Crippen LogP contribution in [0, 0.1) is 11.8 Å². The largest absolute Gasteiger partial charge is 0.394 e. The maximum absolute atomic E-state index is 11.8. The van der Waals surface area contributed by atoms with Crippen LogP contribution in [0.3, 0.4) is 0 Å². The van der Waals surface area contributed by atoms with Gasteiger partial charge in [0.05, 0.1) is 25.2 Å². The molecule has 1 heterocycles. The number of nitrogens with one attached hydrogen (secondary N) is 1. The molecule has 1 saturated heterocycles. The van der Waals surface area contributed by atoms with Crippen molar-refractivity contribution in [2.24, 2.45) is 11.8 Å². The summed E-state index contributed by atoms with van der Waals surface area (Å²) < 4.78 is 0. The molecule has 0 radical (unpaired) electrons. The van der Waals surface area contributed by atoms with Gasteiger partial charge in [-0.05, 0) is 5.92 Å². The Bertz CT molecular complexity index is 302. The molecule has 0 aromatic heterocycles. The van der Waals surface area contributed by atoms with Gasteiger partial charge in [0.25, 0.3) is 0 Å². The van der Waals surface area contributed by atoms with Gasteiger partial charge < -0.3 is 20.4 Å². The molecule has 0 saturated carbocycles. The topological polar surface area (TPSA) is 89.9 Å². The number of amides is 2. The van der Waals surface area contributed by atoms with Gasteiger partial charge in [-0.25, -0.2) is 0 Å². The molecular formula is C12H22N2O4. The van der Waals surface area contributed by atoms with Gasteiger partial charge in [0.2, 0.25) is 11.8 Å². The average molecular weight is 258 g/mol. The van der Waals surface area contributed by atoms with Crippen LogP contribution in [0.1, 0.15) is 20.3 Å². The van der Waals surface area contributed by atoms with E-state index < -0.39 is 6.04 Å². The second-order valence-corrected chi connectivity index (χ2v) is 5.16. The van der Waals surface area contributed by atoms with Gasteiger partial charge in [0.15, 0.2) is 0 Å². The van der Waals surface area contributed by atoms with Crippen molar-refractivity contribution in [2.75, 3.05) is 26.3 Å². The van der Waals surface area contributed by atoms with Crippen LogP contribution < -0.4 is 5.32 Å². The van der Waals surface area contributed by atoms with E-state index in [9.17, 15) is 9.59 Å². The lowest BCUT2D eigenvalue weighted by atomic mass is 10.1. The minimum Gasteiger partial charge on any atom is -0.394 e. The van der Waals surface area contributed by atoms with Gasteiger partial charge in [-0.3, -0.25) is 9.59 Å². The molecule has 1 unspecified atom stereocenters. The molecule has 0 aliphatic carbocycles. The number of carbonyl (C=O) groups excluding carboxylic acids is 2. The number of carbonyl (C=O) groups is 2. The van der Waals surface area contributed by atoms with E-state index in [1.165, 1.54) is 0 Å². The maximum Gasteiger partial charge on any atom is 0.225 e. The molecule has 2 amide bonds. The SMILES string of the molecule is CC(C)CN1CC(C(=O)NC(CO)CO)CC1=O. The minimum atomic E-state index is -0.647. The zero-order valence-electron chi connectivity index (χ0n) is 10.9. The fourth-order valence-electron chi connectivity index (χ4n) is 2.03. The van der Waals surface area contributed by atoms with Crippen molar-refractivity contribution in [2.45, 2.75) is 26.3 Å². The molecule has 0 spiro atoms. The molecule has 1 aliphatic heterocycles. The van der Waals surface area contributed by atoms with Crippen molar-refractivity contribution in [3.8, 4) is 0 Å². The summed E-state index contributed by atoms with van der Waals surface area (Å²) in [6.45, 7) is 4.51. The summed E-state index contributed by atoms with van der Waals surface area (Å²) >= 11 is 0. The first-order valence-electron chi connectivity index (χ1n) is 6.27. The van der Waals surface area contributed by atoms with Gasteiger partial charge in [-0.1, -0.05) is 13.8 Å². The summed E-state index contributed by atoms with van der Waals surface area (Å²) in [5.74, 6) is -0.286. The smallest absolute Gasteiger partial charge is 0.225 e. The first-order chi connectivity index (χ1) is 8.47. The lowest BCUT2D eigenvalue weighted by Gasteiger charge is -2.19. The predicted molar refractivity (Wildman–Crippen MR) is 65.6 cm³/mol. The molecule has 0 aromatic carbocycles. The zero-order chi connectivity index (χ0) is 13.7. The van der Waals surface area contributed by atoms with Crippen LogP contribution in [0.15, 0.2) is 0 Å². The Morgan fingerprint density at radius 3 is 2.56 bits per heavy atom. The number of aliphatic hydroxyl groups excluding tert-OH is 2. The Morgan fingerprint density at radius 2 is 2.06 bits per heavy atom. The Hall–Kier alpha value is -1.14. The highest BCUT2D eigenvalue weighted by Crippen LogP contribution is 2.19. The second kappa shape index (κ2) is 6.70. The van der Waals surface area contributed by atoms with Crippen LogP contribution in [0.4, 0.5) is 0 Å². The summed E-state index contributed by atoms with van der Waals surface area (Å²) in [6.07, 6.45) is 0.210. The highest BCUT2D eigenvalue weighted by molar-refractivity contribution is 5.89. The zero-order valence-corrected chi connectivity index (χ0v) is 10.9. The molecule has 6 nitrogen and oxygen atoms in total. The van der Waals surface area contributed by atoms with Crippen molar-refractivity contribution in [1.29, 1.82) is 0 Å². The first kappa shape index (κ1) is 14.9. The van der Waals surface area contributed by atoms with E-state index in [0.717, 1.165) is 0 Å². The second-order valence-electron chi connectivity index (χ2n) is 5.16. The van der Waals surface area contributed by atoms with E-state index in [1.54, 1.807) is 4.90 Å². The number of hydrogen-bond acceptors (Lipinski definition) is 4. The number of hydrogen-bond donors (Lipinski definition) is 3. The number of nitrogens with zero attached hydrogens (tertiary/aromatic N) is 1. The Labute approximate surface area is 107 Å². The van der Waals surface area contributed by atoms with Crippen molar-refractivity contribution >= 4 is 11.8 Å². The van der Waals surface area contributed by atoms with Gasteiger partial charge in [-0.15, -0.1) is 0 Å². The Balaban J connectivity index is 2.49. The van der Waals surface area contributed by atoms with Crippen molar-refractivity contribution in [3.63, 3.8) is 0 Å². The quantitative estimate of drug-likeness (QED) is 0.568. The lowest BCUT2D eigenvalue weighted by molar-refractivity contribution is -0.129. The Kier molecular flexibility index (Phi) is 5.55. The van der Waals surface area contributed by atoms with E-state index in [4.69, 9.17) is 10.2 Å². The van der Waals surface area contributed by atoms with Gasteiger partial charge >= 0.3 is 0 Å². The van der Waals surface area contributed by atoms with E-state index in [0.29, 0.717) is 19.0 Å². The first-order valence-corrected chi connectivity index (χ1v) is 6.27. The minimum absolute atomic E-state index is 0.00611. The van der Waals surface area contributed by atoms with E-state index in [-0.39, 0.29) is 37.4 Å². The average Bonchev–Trinajstić information content (AvgIpc) is 2.67. The van der Waals surface area contributed by atoms with Crippen molar-refractivity contribution < 1.29 is 19.8 Å². The molecule has 3 N–H and O–H groups in total. The molecule has 1 rings (SSSR count). The number of aliphatic hydroxyl groups is 2. The predicted octanol–water partition coefficient (Wildman–Crippen LogP) is -1.04. The van der Waals surface area contributed by atoms with Crippen molar-refractivity contribution in [1.82, 2.24) is 10.2 Å². The summed E-state index contributed by atoms with van der Waals surface area (Å²) in [7, 11) is 0. The summed E-state index contributed by atoms with van der Waals surface area (Å²) in [6, 6.07) is -0.647. The molecule has 18 heavy (non-hydrogen) atoms. The number of rotatable bonds is 6. The van der Waals surface area contributed by atoms with Crippen LogP contribution in [0.25, 0.3) is 0 Å². The Morgan fingerprint density at radius 1 is 1.44 bits per heavy atom. The number of likely N-dealkylation sites (tertiary alicyclic amines) is 1. The van der Waals surface area contributed by atoms with E-state index >= 15 is 0 Å². The van der Waals surface area contributed by atoms with Crippen LogP contribution in [0.5, 0.6) is 0 Å². The van der Waals surface area contributed by atoms with Crippen LogP contribution in [-0.2, 0) is 9.59 Å². The van der Waals surface area contributed by atoms with E-state index in [2.05, 4.69) is 5.32 Å². The summed E-state index contributed by atoms with van der Waals surface area (Å²) in [5, 5.41) is 20.3. The van der Waals surface area contributed by atoms with Gasteiger partial charge in [0, 0.05) is 19.5 Å². The highest BCUT2D eigenvalue weighted by Gasteiger charge is 2.34. The fraction of sp³-hybridized carbons (Fsp3) is 0.833. The van der Waals surface area contributed by atoms with Crippen molar-refractivity contribution in [3.05, 3.63) is 0 Å². The molecule has 0 bridgehead atoms. The molecule has 1 atom stereocenters. The molecule has 1 aliphatic rings. The van der Waals surface area contributed by atoms with Gasteiger partial charge in [0.1, 0.15) is 0 Å². The monoisotopic (exact) mass is 258 g/mol. The normalized spacial score (nSPS) is 20.0. The van der Waals surface area contributed by atoms with Gasteiger partial charge in [-0.2, -0.15) is 0 Å². The van der Waals surface area contributed by atoms with Crippen LogP contribution >= 0.6 is 0 Å². The molecule has 0 aromatic rings. The highest BCUT2D eigenvalue weighted by atomic mass is 16.3. The summed E-state index contributed by atoms with van der Waals surface area (Å²) in [5.41, 5.74) is 0. The standard InChI is InChI=1S/C12H22N2O4/c1-8(2)4-14-5-9(3-11(14)17)12(18)13-10(6-15)7-16/h8-10,15-16H,3-7H2,1-2H3,(H,13,18). The van der Waals surface area contributed by atoms with Crippen LogP contribution in [0.2, 0.25) is 0 Å². The lowest BCUT2D eigenvalue weighted by Crippen LogP contribution is -2.43. The third-order valence-corrected chi connectivity index (χ3v) is 2.96. The van der Waals surface area contributed by atoms with E-state index in [1.807, 2.05) is 13.8 Å². The fourth-order valence-corrected chi connectivity index (χ4v) is 2.03. The van der Waals surface area contributed by atoms with Crippen LogP contribution in [-0.4, -0.2) is 59.3 Å².